The summed E-state index contributed by atoms with van der Waals surface area (Å²) in [4.78, 5) is 80.7. The first-order chi connectivity index (χ1) is 29.7. The number of carbonyl (C=O) groups excluding carboxylic acids is 6. The van der Waals surface area contributed by atoms with Crippen molar-refractivity contribution in [2.75, 3.05) is 47.6 Å². The highest BCUT2D eigenvalue weighted by Gasteiger charge is 2.35. The summed E-state index contributed by atoms with van der Waals surface area (Å²) in [6, 6.07) is 13.3. The molecule has 0 spiro atoms. The minimum absolute atomic E-state index is 0.0309. The van der Waals surface area contributed by atoms with Gasteiger partial charge in [-0.2, -0.15) is 0 Å². The van der Waals surface area contributed by atoms with Gasteiger partial charge in [0.1, 0.15) is 54.9 Å². The Labute approximate surface area is 367 Å². The Hall–Kier alpha value is -6.72. The molecule has 4 rings (SSSR count). The van der Waals surface area contributed by atoms with E-state index in [4.69, 9.17) is 33.2 Å². The van der Waals surface area contributed by atoms with Crippen LogP contribution in [0, 0.1) is 0 Å². The Morgan fingerprint density at radius 3 is 1.94 bits per heavy atom. The van der Waals surface area contributed by atoms with Crippen LogP contribution < -0.4 is 35.5 Å². The first-order valence-electron chi connectivity index (χ1n) is 20.4. The lowest BCUT2D eigenvalue weighted by Crippen LogP contribution is -2.53. The molecule has 0 aliphatic carbocycles. The van der Waals surface area contributed by atoms with Crippen LogP contribution in [0.5, 0.6) is 17.2 Å². The molecule has 3 aromatic carbocycles. The fourth-order valence-corrected chi connectivity index (χ4v) is 6.31. The number of carbonyl (C=O) groups is 6. The van der Waals surface area contributed by atoms with E-state index in [2.05, 4.69) is 21.3 Å². The molecule has 1 aliphatic heterocycles. The van der Waals surface area contributed by atoms with Gasteiger partial charge >= 0.3 is 24.2 Å². The number of benzene rings is 3. The van der Waals surface area contributed by atoms with Crippen LogP contribution in [-0.4, -0.2) is 112 Å². The van der Waals surface area contributed by atoms with E-state index >= 15 is 0 Å². The maximum absolute atomic E-state index is 14.3. The van der Waals surface area contributed by atoms with E-state index in [1.54, 1.807) is 96.1 Å². The largest absolute Gasteiger partial charge is 0.492 e. The molecule has 63 heavy (non-hydrogen) atoms. The molecule has 4 N–H and O–H groups in total. The second-order valence-electron chi connectivity index (χ2n) is 16.6. The third kappa shape index (κ3) is 14.7. The zero-order valence-corrected chi connectivity index (χ0v) is 37.5. The number of hydrogen-bond acceptors (Lipinski definition) is 13. The first-order valence-corrected chi connectivity index (χ1v) is 20.4. The zero-order valence-electron chi connectivity index (χ0n) is 37.5. The van der Waals surface area contributed by atoms with Crippen molar-refractivity contribution in [2.45, 2.75) is 90.8 Å². The number of ether oxygens (including phenoxy) is 7. The molecule has 3 atom stereocenters. The van der Waals surface area contributed by atoms with Crippen molar-refractivity contribution in [3.63, 3.8) is 0 Å². The number of hydrogen-bond donors (Lipinski definition) is 4. The lowest BCUT2D eigenvalue weighted by Gasteiger charge is -2.30. The van der Waals surface area contributed by atoms with Gasteiger partial charge in [-0.25, -0.2) is 19.2 Å². The van der Waals surface area contributed by atoms with E-state index in [9.17, 15) is 28.8 Å². The topological polar surface area (TPSA) is 218 Å². The van der Waals surface area contributed by atoms with E-state index in [0.29, 0.717) is 16.7 Å². The molecule has 4 bridgehead atoms. The fraction of sp³-hybridized carbons (Fsp3) is 0.467. The molecule has 0 saturated carbocycles. The summed E-state index contributed by atoms with van der Waals surface area (Å²) in [5.41, 5.74) is 0.748. The van der Waals surface area contributed by atoms with Gasteiger partial charge in [0.2, 0.25) is 11.8 Å². The van der Waals surface area contributed by atoms with E-state index in [-0.39, 0.29) is 62.1 Å². The standard InChI is InChI=1S/C45H59N5O13/c1-27-38(51)49-33(40(53)58-10)23-29-22-32(37(57-9)35(24-29)60-21-19-47-42(55)63-45(5,6)7)31-25-30(16-17-34(31)59-20-18-46-41(54)62-44(2,3)4)36(39(52)48-27)50(8)43(56)61-26-28-14-12-11-13-15-28/h11-17,22,24-25,27,33,36H,18-21,23,26H2,1-10H3,(H,46,54)(H,47,55)(H,48,52)(H,49,51)/t27-,33+,36+/m1/s1. The van der Waals surface area contributed by atoms with E-state index in [1.807, 2.05) is 6.07 Å². The number of nitrogens with one attached hydrogen (secondary N) is 4. The lowest BCUT2D eigenvalue weighted by molar-refractivity contribution is -0.145. The van der Waals surface area contributed by atoms with E-state index in [0.717, 1.165) is 10.5 Å². The molecule has 1 aliphatic rings. The molecular formula is C45H59N5O13. The van der Waals surface area contributed by atoms with Gasteiger partial charge in [0.25, 0.3) is 0 Å². The summed E-state index contributed by atoms with van der Waals surface area (Å²) in [7, 11) is 3.99. The van der Waals surface area contributed by atoms with Crippen molar-refractivity contribution >= 4 is 36.1 Å². The van der Waals surface area contributed by atoms with Crippen LogP contribution in [0.25, 0.3) is 11.1 Å². The Balaban J connectivity index is 1.87. The molecule has 0 saturated heterocycles. The molecular weight excluding hydrogens is 819 g/mol. The third-order valence-electron chi connectivity index (χ3n) is 9.11. The highest BCUT2D eigenvalue weighted by molar-refractivity contribution is 5.94. The maximum atomic E-state index is 14.3. The summed E-state index contributed by atoms with van der Waals surface area (Å²) in [6.07, 6.45) is -2.23. The van der Waals surface area contributed by atoms with Crippen LogP contribution in [0.2, 0.25) is 0 Å². The van der Waals surface area contributed by atoms with Gasteiger partial charge in [-0.3, -0.25) is 14.5 Å². The Bertz CT molecular complexity index is 2100. The van der Waals surface area contributed by atoms with Gasteiger partial charge in [0.05, 0.1) is 27.3 Å². The highest BCUT2D eigenvalue weighted by Crippen LogP contribution is 2.44. The normalized spacial score (nSPS) is 16.4. The Kier molecular flexibility index (Phi) is 17.0. The predicted octanol–water partition coefficient (Wildman–Crippen LogP) is 5.20. The molecule has 18 nitrogen and oxygen atoms in total. The molecule has 0 radical (unpaired) electrons. The average molecular weight is 878 g/mol. The zero-order chi connectivity index (χ0) is 46.5. The minimum atomic E-state index is -1.38. The van der Waals surface area contributed by atoms with Gasteiger partial charge in [-0.15, -0.1) is 0 Å². The SMILES string of the molecule is COC(=O)[C@@H]1Cc2cc(OCCNC(=O)OC(C)(C)C)c(OC)c(c2)-c2cc(ccc2OCCNC(=O)OC(C)(C)C)[C@H](N(C)C(=O)OCc2ccccc2)C(=O)N[C@H](C)C(=O)N1. The van der Waals surface area contributed by atoms with Crippen molar-refractivity contribution in [3.8, 4) is 28.4 Å². The Morgan fingerprint density at radius 1 is 0.762 bits per heavy atom. The number of fused-ring (bicyclic) bond motifs is 5. The summed E-state index contributed by atoms with van der Waals surface area (Å²) in [5, 5.41) is 10.7. The smallest absolute Gasteiger partial charge is 0.410 e. The number of amides is 5. The van der Waals surface area contributed by atoms with Gasteiger partial charge in [-0.1, -0.05) is 36.4 Å². The molecule has 5 amide bonds. The minimum Gasteiger partial charge on any atom is -0.492 e. The van der Waals surface area contributed by atoms with E-state index < -0.39 is 65.4 Å². The van der Waals surface area contributed by atoms with Crippen LogP contribution in [0.4, 0.5) is 14.4 Å². The van der Waals surface area contributed by atoms with Gasteiger partial charge in [0, 0.05) is 24.6 Å². The second kappa shape index (κ2) is 21.9. The second-order valence-corrected chi connectivity index (χ2v) is 16.6. The van der Waals surface area contributed by atoms with Gasteiger partial charge in [0.15, 0.2) is 11.5 Å². The van der Waals surface area contributed by atoms with Crippen LogP contribution in [0.3, 0.4) is 0 Å². The Morgan fingerprint density at radius 2 is 1.37 bits per heavy atom. The molecule has 0 fully saturated rings. The quantitative estimate of drug-likeness (QED) is 0.0988. The number of likely N-dealkylation sites (N-methyl/N-ethyl adjacent to an activating group) is 1. The highest BCUT2D eigenvalue weighted by atomic mass is 16.6. The molecule has 342 valence electrons. The molecule has 0 unspecified atom stereocenters. The number of nitrogens with zero attached hydrogens (tertiary/aromatic N) is 1. The van der Waals surface area contributed by atoms with Crippen LogP contribution in [-0.2, 0) is 46.4 Å². The summed E-state index contributed by atoms with van der Waals surface area (Å²) < 4.78 is 39.8. The number of rotatable bonds is 13. The van der Waals surface area contributed by atoms with Crippen molar-refractivity contribution in [1.82, 2.24) is 26.2 Å². The first kappa shape index (κ1) is 48.9. The summed E-state index contributed by atoms with van der Waals surface area (Å²) >= 11 is 0. The van der Waals surface area contributed by atoms with Crippen LogP contribution in [0.15, 0.2) is 60.7 Å². The van der Waals surface area contributed by atoms with Gasteiger partial charge < -0.3 is 54.4 Å². The van der Waals surface area contributed by atoms with Crippen LogP contribution in [0.1, 0.15) is 71.2 Å². The van der Waals surface area contributed by atoms with Crippen molar-refractivity contribution in [1.29, 1.82) is 0 Å². The van der Waals surface area contributed by atoms with Crippen molar-refractivity contribution < 1.29 is 61.9 Å². The third-order valence-corrected chi connectivity index (χ3v) is 9.11. The summed E-state index contributed by atoms with van der Waals surface area (Å²) in [5.74, 6) is -1.56. The molecule has 1 heterocycles. The predicted molar refractivity (Wildman–Crippen MR) is 230 cm³/mol. The lowest BCUT2D eigenvalue weighted by atomic mass is 9.93. The fourth-order valence-electron chi connectivity index (χ4n) is 6.31. The number of esters is 1. The van der Waals surface area contributed by atoms with E-state index in [1.165, 1.54) is 28.2 Å². The average Bonchev–Trinajstić information content (AvgIpc) is 3.21. The number of alkyl carbamates (subject to hydrolysis) is 2. The van der Waals surface area contributed by atoms with Gasteiger partial charge in [-0.05, 0) is 89.4 Å². The maximum Gasteiger partial charge on any atom is 0.410 e. The molecule has 3 aromatic rings. The number of methoxy groups -OCH3 is 2. The van der Waals surface area contributed by atoms with Crippen molar-refractivity contribution in [2.24, 2.45) is 0 Å². The monoisotopic (exact) mass is 877 g/mol. The van der Waals surface area contributed by atoms with Crippen LogP contribution >= 0.6 is 0 Å². The molecule has 18 heteroatoms. The summed E-state index contributed by atoms with van der Waals surface area (Å²) in [6.45, 7) is 11.8. The molecule has 0 aromatic heterocycles. The van der Waals surface area contributed by atoms with Crippen molar-refractivity contribution in [3.05, 3.63) is 77.4 Å².